The molecule has 13 heavy (non-hydrogen) atoms. The first-order chi connectivity index (χ1) is 6.36. The molecule has 1 unspecified atom stereocenters. The van der Waals surface area contributed by atoms with Gasteiger partial charge in [0, 0.05) is 13.0 Å². The van der Waals surface area contributed by atoms with Crippen molar-refractivity contribution in [3.63, 3.8) is 0 Å². The molecule has 0 heterocycles. The molecule has 0 spiro atoms. The van der Waals surface area contributed by atoms with Gasteiger partial charge < -0.3 is 9.47 Å². The lowest BCUT2D eigenvalue weighted by molar-refractivity contribution is -0.0766. The van der Waals surface area contributed by atoms with E-state index in [0.29, 0.717) is 6.61 Å². The number of benzene rings is 1. The summed E-state index contributed by atoms with van der Waals surface area (Å²) in [6.07, 6.45) is 0.746. The van der Waals surface area contributed by atoms with E-state index in [9.17, 15) is 0 Å². The van der Waals surface area contributed by atoms with Crippen molar-refractivity contribution in [1.29, 1.82) is 0 Å². The van der Waals surface area contributed by atoms with Crippen molar-refractivity contribution in [1.82, 2.24) is 0 Å². The third kappa shape index (κ3) is 3.47. The highest BCUT2D eigenvalue weighted by atomic mass is 16.7. The predicted octanol–water partition coefficient (Wildman–Crippen LogP) is 2.84. The number of hydrogen-bond donors (Lipinski definition) is 0. The van der Waals surface area contributed by atoms with E-state index in [1.807, 2.05) is 44.2 Å². The fourth-order valence-electron chi connectivity index (χ4n) is 1.07. The maximum absolute atomic E-state index is 5.58. The molecule has 0 aliphatic rings. The van der Waals surface area contributed by atoms with Crippen LogP contribution >= 0.6 is 0 Å². The first-order valence-electron chi connectivity index (χ1n) is 4.70. The second-order valence-electron chi connectivity index (χ2n) is 2.72. The van der Waals surface area contributed by atoms with Crippen molar-refractivity contribution in [2.75, 3.05) is 6.61 Å². The highest BCUT2D eigenvalue weighted by Crippen LogP contribution is 2.12. The number of ether oxygens (including phenoxy) is 2. The molecule has 1 atom stereocenters. The van der Waals surface area contributed by atoms with Crippen molar-refractivity contribution < 1.29 is 9.47 Å². The normalized spacial score (nSPS) is 12.5. The van der Waals surface area contributed by atoms with Crippen LogP contribution in [0.4, 0.5) is 0 Å². The van der Waals surface area contributed by atoms with E-state index >= 15 is 0 Å². The lowest BCUT2D eigenvalue weighted by Crippen LogP contribution is -2.19. The van der Waals surface area contributed by atoms with Crippen LogP contribution in [0.25, 0.3) is 0 Å². The quantitative estimate of drug-likeness (QED) is 0.649. The molecule has 0 aromatic heterocycles. The molecule has 0 saturated heterocycles. The molecular weight excluding hydrogens is 164 g/mol. The maximum atomic E-state index is 5.58. The van der Waals surface area contributed by atoms with E-state index in [1.165, 1.54) is 0 Å². The Morgan fingerprint density at radius 2 is 1.85 bits per heavy atom. The van der Waals surface area contributed by atoms with Gasteiger partial charge in [-0.05, 0) is 19.1 Å². The predicted molar refractivity (Wildman–Crippen MR) is 52.8 cm³/mol. The Bertz CT molecular complexity index is 221. The summed E-state index contributed by atoms with van der Waals surface area (Å²) in [6.45, 7) is 4.70. The van der Waals surface area contributed by atoms with Gasteiger partial charge in [-0.1, -0.05) is 25.1 Å². The Hall–Kier alpha value is -1.02. The average Bonchev–Trinajstić information content (AvgIpc) is 2.19. The maximum Gasteiger partial charge on any atom is 0.199 e. The molecule has 0 bridgehead atoms. The average molecular weight is 180 g/mol. The number of rotatable bonds is 5. The topological polar surface area (TPSA) is 18.5 Å². The number of para-hydroxylation sites is 1. The van der Waals surface area contributed by atoms with E-state index in [-0.39, 0.29) is 6.29 Å². The van der Waals surface area contributed by atoms with E-state index in [4.69, 9.17) is 9.47 Å². The van der Waals surface area contributed by atoms with Crippen LogP contribution in [0.2, 0.25) is 0 Å². The van der Waals surface area contributed by atoms with E-state index < -0.39 is 0 Å². The second-order valence-corrected chi connectivity index (χ2v) is 2.72. The van der Waals surface area contributed by atoms with Crippen LogP contribution < -0.4 is 4.74 Å². The molecule has 0 aliphatic heterocycles. The second kappa shape index (κ2) is 5.60. The van der Waals surface area contributed by atoms with Crippen molar-refractivity contribution >= 4 is 0 Å². The summed E-state index contributed by atoms with van der Waals surface area (Å²) in [5.74, 6) is 0.864. The Labute approximate surface area is 79.5 Å². The SMILES string of the molecule is CCOC(CC)Oc1ccccc1. The van der Waals surface area contributed by atoms with Gasteiger partial charge in [0.2, 0.25) is 0 Å². The molecule has 1 rings (SSSR count). The van der Waals surface area contributed by atoms with Crippen molar-refractivity contribution in [3.05, 3.63) is 30.3 Å². The molecule has 2 nitrogen and oxygen atoms in total. The molecule has 0 aliphatic carbocycles. The molecule has 0 saturated carbocycles. The molecule has 1 aromatic rings. The zero-order valence-electron chi connectivity index (χ0n) is 8.19. The van der Waals surface area contributed by atoms with Crippen molar-refractivity contribution in [3.8, 4) is 5.75 Å². The van der Waals surface area contributed by atoms with Gasteiger partial charge in [-0.15, -0.1) is 0 Å². The minimum atomic E-state index is -0.118. The lowest BCUT2D eigenvalue weighted by atomic mass is 10.3. The highest BCUT2D eigenvalue weighted by molar-refractivity contribution is 5.20. The van der Waals surface area contributed by atoms with Crippen molar-refractivity contribution in [2.45, 2.75) is 26.6 Å². The van der Waals surface area contributed by atoms with Gasteiger partial charge in [-0.3, -0.25) is 0 Å². The van der Waals surface area contributed by atoms with Gasteiger partial charge in [0.1, 0.15) is 5.75 Å². The molecule has 1 aromatic carbocycles. The Balaban J connectivity index is 2.46. The molecule has 0 amide bonds. The molecule has 0 N–H and O–H groups in total. The third-order valence-electron chi connectivity index (χ3n) is 1.70. The largest absolute Gasteiger partial charge is 0.465 e. The standard InChI is InChI=1S/C11H16O2/c1-3-11(12-4-2)13-10-8-6-5-7-9-10/h5-9,11H,3-4H2,1-2H3. The summed E-state index contributed by atoms with van der Waals surface area (Å²) < 4.78 is 11.0. The van der Waals surface area contributed by atoms with Crippen LogP contribution in [0.3, 0.4) is 0 Å². The fraction of sp³-hybridized carbons (Fsp3) is 0.455. The Kier molecular flexibility index (Phi) is 4.33. The van der Waals surface area contributed by atoms with Crippen LogP contribution in [-0.2, 0) is 4.74 Å². The minimum Gasteiger partial charge on any atom is -0.465 e. The zero-order valence-corrected chi connectivity index (χ0v) is 8.19. The Morgan fingerprint density at radius 1 is 1.15 bits per heavy atom. The van der Waals surface area contributed by atoms with Crippen LogP contribution in [0.15, 0.2) is 30.3 Å². The summed E-state index contributed by atoms with van der Waals surface area (Å²) in [5.41, 5.74) is 0. The summed E-state index contributed by atoms with van der Waals surface area (Å²) in [5, 5.41) is 0. The number of hydrogen-bond acceptors (Lipinski definition) is 2. The third-order valence-corrected chi connectivity index (χ3v) is 1.70. The molecular formula is C11H16O2. The van der Waals surface area contributed by atoms with Gasteiger partial charge in [0.05, 0.1) is 0 Å². The highest BCUT2D eigenvalue weighted by Gasteiger charge is 2.05. The summed E-state index contributed by atoms with van der Waals surface area (Å²) >= 11 is 0. The Morgan fingerprint density at radius 3 is 2.38 bits per heavy atom. The van der Waals surface area contributed by atoms with Gasteiger partial charge in [-0.2, -0.15) is 0 Å². The van der Waals surface area contributed by atoms with Crippen LogP contribution in [0.1, 0.15) is 20.3 Å². The fourth-order valence-corrected chi connectivity index (χ4v) is 1.07. The van der Waals surface area contributed by atoms with E-state index in [1.54, 1.807) is 0 Å². The smallest absolute Gasteiger partial charge is 0.199 e. The first kappa shape index (κ1) is 10.1. The van der Waals surface area contributed by atoms with Crippen LogP contribution in [0.5, 0.6) is 5.75 Å². The first-order valence-corrected chi connectivity index (χ1v) is 4.70. The van der Waals surface area contributed by atoms with E-state index in [0.717, 1.165) is 12.2 Å². The molecule has 0 fully saturated rings. The summed E-state index contributed by atoms with van der Waals surface area (Å²) in [6, 6.07) is 9.74. The summed E-state index contributed by atoms with van der Waals surface area (Å²) in [4.78, 5) is 0. The van der Waals surface area contributed by atoms with Crippen molar-refractivity contribution in [2.24, 2.45) is 0 Å². The minimum absolute atomic E-state index is 0.118. The lowest BCUT2D eigenvalue weighted by Gasteiger charge is -2.16. The molecule has 72 valence electrons. The van der Waals surface area contributed by atoms with Gasteiger partial charge >= 0.3 is 0 Å². The molecule has 0 radical (unpaired) electrons. The monoisotopic (exact) mass is 180 g/mol. The van der Waals surface area contributed by atoms with Gasteiger partial charge in [-0.25, -0.2) is 0 Å². The zero-order chi connectivity index (χ0) is 9.52. The van der Waals surface area contributed by atoms with Gasteiger partial charge in [0.15, 0.2) is 6.29 Å². The van der Waals surface area contributed by atoms with Gasteiger partial charge in [0.25, 0.3) is 0 Å². The van der Waals surface area contributed by atoms with Crippen LogP contribution in [0, 0.1) is 0 Å². The summed E-state index contributed by atoms with van der Waals surface area (Å²) in [7, 11) is 0. The molecule has 2 heteroatoms. The van der Waals surface area contributed by atoms with E-state index in [2.05, 4.69) is 0 Å². The van der Waals surface area contributed by atoms with Crippen LogP contribution in [-0.4, -0.2) is 12.9 Å².